The highest BCUT2D eigenvalue weighted by atomic mass is 16.1. The molecule has 1 fully saturated rings. The van der Waals surface area contributed by atoms with Gasteiger partial charge in [0.1, 0.15) is 0 Å². The molecule has 1 aliphatic carbocycles. The van der Waals surface area contributed by atoms with Crippen LogP contribution in [0.1, 0.15) is 76.5 Å². The fraction of sp³-hybridized carbons (Fsp3) is 0.391. The fourth-order valence-electron chi connectivity index (χ4n) is 3.75. The summed E-state index contributed by atoms with van der Waals surface area (Å²) in [6, 6.07) is 9.49. The molecule has 0 unspecified atom stereocenters. The van der Waals surface area contributed by atoms with E-state index in [0.717, 1.165) is 24.0 Å². The lowest BCUT2D eigenvalue weighted by Gasteiger charge is -2.19. The Kier molecular flexibility index (Phi) is 4.96. The highest BCUT2D eigenvalue weighted by Gasteiger charge is 2.44. The van der Waals surface area contributed by atoms with E-state index in [2.05, 4.69) is 17.1 Å². The molecule has 1 saturated carbocycles. The van der Waals surface area contributed by atoms with Crippen molar-refractivity contribution >= 4 is 5.78 Å². The lowest BCUT2D eigenvalue weighted by atomic mass is 9.84. The maximum Gasteiger partial charge on any atom is 0.252 e. The average molecular weight is 373 g/mol. The zero-order valence-corrected chi connectivity index (χ0v) is 16.6. The van der Waals surface area contributed by atoms with Crippen LogP contribution in [0.2, 0.25) is 0 Å². The van der Waals surface area contributed by atoms with Gasteiger partial charge in [0.2, 0.25) is 0 Å². The molecule has 1 N–H and O–H groups in total. The van der Waals surface area contributed by atoms with Crippen molar-refractivity contribution in [3.05, 3.63) is 67.6 Å². The SMILES string of the molecule is Cc1cc(C#N)cc(C(=O)c2c(CC3(C#N)CC3)c(C)[nH]c(=O)c2C(C)C)c1. The van der Waals surface area contributed by atoms with Gasteiger partial charge in [-0.15, -0.1) is 0 Å². The van der Waals surface area contributed by atoms with Crippen molar-refractivity contribution in [2.24, 2.45) is 5.41 Å². The number of carbonyl (C=O) groups excluding carboxylic acids is 1. The van der Waals surface area contributed by atoms with Crippen LogP contribution in [0.4, 0.5) is 0 Å². The van der Waals surface area contributed by atoms with E-state index in [9.17, 15) is 20.1 Å². The van der Waals surface area contributed by atoms with Crippen molar-refractivity contribution < 1.29 is 4.79 Å². The minimum atomic E-state index is -0.448. The second kappa shape index (κ2) is 7.09. The quantitative estimate of drug-likeness (QED) is 0.799. The van der Waals surface area contributed by atoms with Crippen molar-refractivity contribution in [2.45, 2.75) is 52.9 Å². The van der Waals surface area contributed by atoms with Crippen molar-refractivity contribution in [3.8, 4) is 12.1 Å². The molecule has 1 aromatic carbocycles. The number of nitrogens with zero attached hydrogens (tertiary/aromatic N) is 2. The van der Waals surface area contributed by atoms with E-state index in [-0.39, 0.29) is 17.3 Å². The number of carbonyl (C=O) groups is 1. The Morgan fingerprint density at radius 1 is 1.21 bits per heavy atom. The summed E-state index contributed by atoms with van der Waals surface area (Å²) in [5, 5.41) is 18.8. The summed E-state index contributed by atoms with van der Waals surface area (Å²) in [4.78, 5) is 29.1. The van der Waals surface area contributed by atoms with Crippen LogP contribution in [0.3, 0.4) is 0 Å². The number of ketones is 1. The number of aromatic nitrogens is 1. The molecule has 2 aromatic rings. The second-order valence-corrected chi connectivity index (χ2v) is 8.10. The first-order valence-corrected chi connectivity index (χ1v) is 9.45. The number of aryl methyl sites for hydroxylation is 2. The Morgan fingerprint density at radius 3 is 2.43 bits per heavy atom. The van der Waals surface area contributed by atoms with Gasteiger partial charge in [0.05, 0.1) is 23.1 Å². The molecule has 1 aromatic heterocycles. The summed E-state index contributed by atoms with van der Waals surface area (Å²) in [5.41, 5.74) is 3.12. The predicted octanol–water partition coefficient (Wildman–Crippen LogP) is 4.06. The summed E-state index contributed by atoms with van der Waals surface area (Å²) in [6.45, 7) is 7.38. The van der Waals surface area contributed by atoms with Gasteiger partial charge in [0.15, 0.2) is 5.78 Å². The number of hydrogen-bond donors (Lipinski definition) is 1. The molecule has 5 heteroatoms. The third kappa shape index (κ3) is 3.49. The number of pyridine rings is 1. The molecule has 0 saturated heterocycles. The van der Waals surface area contributed by atoms with E-state index < -0.39 is 5.41 Å². The molecule has 0 spiro atoms. The van der Waals surface area contributed by atoms with Crippen molar-refractivity contribution in [1.82, 2.24) is 4.98 Å². The molecule has 0 amide bonds. The van der Waals surface area contributed by atoms with Crippen LogP contribution in [-0.4, -0.2) is 10.8 Å². The topological polar surface area (TPSA) is 97.5 Å². The molecule has 0 bridgehead atoms. The van der Waals surface area contributed by atoms with Crippen molar-refractivity contribution in [1.29, 1.82) is 10.5 Å². The molecule has 1 aliphatic rings. The Morgan fingerprint density at radius 2 is 1.89 bits per heavy atom. The highest BCUT2D eigenvalue weighted by molar-refractivity contribution is 6.11. The molecule has 0 atom stereocenters. The molecule has 1 heterocycles. The van der Waals surface area contributed by atoms with Crippen LogP contribution in [0, 0.1) is 41.9 Å². The number of nitrogens with one attached hydrogen (secondary N) is 1. The van der Waals surface area contributed by atoms with Gasteiger partial charge in [0.25, 0.3) is 5.56 Å². The fourth-order valence-corrected chi connectivity index (χ4v) is 3.75. The first-order valence-electron chi connectivity index (χ1n) is 9.45. The monoisotopic (exact) mass is 373 g/mol. The normalized spacial score (nSPS) is 14.4. The Balaban J connectivity index is 2.27. The smallest absolute Gasteiger partial charge is 0.252 e. The van der Waals surface area contributed by atoms with Gasteiger partial charge < -0.3 is 4.98 Å². The van der Waals surface area contributed by atoms with E-state index in [1.807, 2.05) is 20.8 Å². The molecule has 0 aliphatic heterocycles. The maximum absolute atomic E-state index is 13.6. The van der Waals surface area contributed by atoms with Crippen LogP contribution in [0.25, 0.3) is 0 Å². The molecule has 142 valence electrons. The van der Waals surface area contributed by atoms with Crippen LogP contribution in [0.5, 0.6) is 0 Å². The molecule has 28 heavy (non-hydrogen) atoms. The average Bonchev–Trinajstić information content (AvgIpc) is 3.42. The zero-order valence-electron chi connectivity index (χ0n) is 16.6. The van der Waals surface area contributed by atoms with E-state index >= 15 is 0 Å². The van der Waals surface area contributed by atoms with Crippen molar-refractivity contribution in [3.63, 3.8) is 0 Å². The minimum absolute atomic E-state index is 0.153. The molecule has 0 radical (unpaired) electrons. The molecular weight excluding hydrogens is 350 g/mol. The summed E-state index contributed by atoms with van der Waals surface area (Å²) >= 11 is 0. The molecular formula is C23H23N3O2. The van der Waals surface area contributed by atoms with Crippen molar-refractivity contribution in [2.75, 3.05) is 0 Å². The highest BCUT2D eigenvalue weighted by Crippen LogP contribution is 2.48. The lowest BCUT2D eigenvalue weighted by molar-refractivity contribution is 0.103. The molecule has 3 rings (SSSR count). The third-order valence-electron chi connectivity index (χ3n) is 5.45. The minimum Gasteiger partial charge on any atom is -0.326 e. The number of rotatable bonds is 5. The Hall–Kier alpha value is -3.18. The lowest BCUT2D eigenvalue weighted by Crippen LogP contribution is -2.25. The largest absolute Gasteiger partial charge is 0.326 e. The van der Waals surface area contributed by atoms with Gasteiger partial charge in [-0.05, 0) is 68.4 Å². The summed E-state index contributed by atoms with van der Waals surface area (Å²) < 4.78 is 0. The zero-order chi connectivity index (χ0) is 20.6. The van der Waals surface area contributed by atoms with Crippen LogP contribution in [0.15, 0.2) is 23.0 Å². The van der Waals surface area contributed by atoms with Gasteiger partial charge >= 0.3 is 0 Å². The van der Waals surface area contributed by atoms with Gasteiger partial charge in [-0.3, -0.25) is 9.59 Å². The van der Waals surface area contributed by atoms with E-state index in [1.54, 1.807) is 25.1 Å². The number of benzene rings is 1. The summed E-state index contributed by atoms with van der Waals surface area (Å²) in [5.74, 6) is -0.415. The Labute approximate surface area is 164 Å². The predicted molar refractivity (Wildman–Crippen MR) is 106 cm³/mol. The number of H-pyrrole nitrogens is 1. The standard InChI is InChI=1S/C23H23N3O2/c1-13(2)19-20(21(27)17-8-14(3)7-16(9-17)11-24)18(15(4)26-22(19)28)10-23(12-25)5-6-23/h7-9,13H,5-6,10H2,1-4H3,(H,26,28). The summed E-state index contributed by atoms with van der Waals surface area (Å²) in [6.07, 6.45) is 2.05. The van der Waals surface area contributed by atoms with Gasteiger partial charge in [-0.25, -0.2) is 0 Å². The van der Waals surface area contributed by atoms with Gasteiger partial charge in [-0.2, -0.15) is 10.5 Å². The Bertz CT molecular complexity index is 1110. The third-order valence-corrected chi connectivity index (χ3v) is 5.45. The maximum atomic E-state index is 13.6. The second-order valence-electron chi connectivity index (χ2n) is 8.10. The van der Waals surface area contributed by atoms with Crippen LogP contribution in [-0.2, 0) is 6.42 Å². The summed E-state index contributed by atoms with van der Waals surface area (Å²) in [7, 11) is 0. The van der Waals surface area contributed by atoms with E-state index in [4.69, 9.17) is 0 Å². The van der Waals surface area contributed by atoms with E-state index in [0.29, 0.717) is 34.4 Å². The number of hydrogen-bond acceptors (Lipinski definition) is 4. The van der Waals surface area contributed by atoms with Crippen LogP contribution < -0.4 is 5.56 Å². The van der Waals surface area contributed by atoms with E-state index in [1.165, 1.54) is 0 Å². The first kappa shape index (κ1) is 19.6. The van der Waals surface area contributed by atoms with Crippen LogP contribution >= 0.6 is 0 Å². The van der Waals surface area contributed by atoms with Gasteiger partial charge in [0, 0.05) is 22.4 Å². The molecule has 5 nitrogen and oxygen atoms in total. The first-order chi connectivity index (χ1) is 13.2. The number of aromatic amines is 1. The number of nitriles is 2. The van der Waals surface area contributed by atoms with Gasteiger partial charge in [-0.1, -0.05) is 13.8 Å².